The van der Waals surface area contributed by atoms with Crippen LogP contribution >= 0.6 is 11.8 Å². The van der Waals surface area contributed by atoms with E-state index in [0.29, 0.717) is 5.56 Å². The van der Waals surface area contributed by atoms with Crippen LogP contribution in [0.25, 0.3) is 0 Å². The minimum Gasteiger partial charge on any atom is -0.321 e. The minimum absolute atomic E-state index is 0.184. The number of hydrogen-bond donors (Lipinski definition) is 1. The lowest BCUT2D eigenvalue weighted by Gasteiger charge is -2.20. The van der Waals surface area contributed by atoms with Gasteiger partial charge in [-0.15, -0.1) is 0 Å². The van der Waals surface area contributed by atoms with Crippen molar-refractivity contribution < 1.29 is 14.4 Å². The second-order valence-electron chi connectivity index (χ2n) is 7.81. The van der Waals surface area contributed by atoms with Crippen LogP contribution in [0.5, 0.6) is 0 Å². The Morgan fingerprint density at radius 2 is 1.66 bits per heavy atom. The van der Waals surface area contributed by atoms with Crippen molar-refractivity contribution in [3.05, 3.63) is 64.7 Å². The molecule has 29 heavy (non-hydrogen) atoms. The first kappa shape index (κ1) is 21.1. The molecule has 5 nitrogen and oxygen atoms in total. The minimum atomic E-state index is -0.239. The molecule has 0 bridgehead atoms. The number of amides is 3. The van der Waals surface area contributed by atoms with Gasteiger partial charge in [0.1, 0.15) is 0 Å². The van der Waals surface area contributed by atoms with E-state index in [1.165, 1.54) is 4.90 Å². The van der Waals surface area contributed by atoms with Gasteiger partial charge < -0.3 is 5.32 Å². The van der Waals surface area contributed by atoms with Crippen LogP contribution in [0.3, 0.4) is 0 Å². The summed E-state index contributed by atoms with van der Waals surface area (Å²) in [4.78, 5) is 37.9. The van der Waals surface area contributed by atoms with Gasteiger partial charge in [0.25, 0.3) is 11.1 Å². The summed E-state index contributed by atoms with van der Waals surface area (Å²) in [5.74, 6) is 0.348. The molecule has 3 amide bonds. The van der Waals surface area contributed by atoms with Crippen LogP contribution in [0.1, 0.15) is 66.6 Å². The summed E-state index contributed by atoms with van der Waals surface area (Å²) in [6.07, 6.45) is 0. The monoisotopic (exact) mass is 410 g/mol. The largest absolute Gasteiger partial charge is 0.321 e. The van der Waals surface area contributed by atoms with Crippen LogP contribution in [-0.4, -0.2) is 27.7 Å². The lowest BCUT2D eigenvalue weighted by molar-refractivity contribution is -0.125. The van der Waals surface area contributed by atoms with Gasteiger partial charge in [-0.1, -0.05) is 69.8 Å². The van der Waals surface area contributed by atoms with E-state index in [4.69, 9.17) is 0 Å². The van der Waals surface area contributed by atoms with Crippen LogP contribution in [0.2, 0.25) is 0 Å². The van der Waals surface area contributed by atoms with Crippen molar-refractivity contribution in [3.8, 4) is 0 Å². The summed E-state index contributed by atoms with van der Waals surface area (Å²) in [6.45, 7) is 8.62. The van der Waals surface area contributed by atoms with Gasteiger partial charge in [-0.2, -0.15) is 0 Å². The van der Waals surface area contributed by atoms with Gasteiger partial charge in [0.15, 0.2) is 0 Å². The number of carbonyl (C=O) groups is 3. The van der Waals surface area contributed by atoms with Crippen LogP contribution in [0.15, 0.2) is 42.5 Å². The van der Waals surface area contributed by atoms with Gasteiger partial charge in [-0.3, -0.25) is 19.3 Å². The molecule has 2 aromatic rings. The normalized spacial score (nSPS) is 14.2. The molecule has 0 aromatic heterocycles. The number of anilines is 1. The predicted octanol–water partition coefficient (Wildman–Crippen LogP) is 5.38. The molecular formula is C23H26N2O3S. The summed E-state index contributed by atoms with van der Waals surface area (Å²) in [5.41, 5.74) is 4.33. The maximum Gasteiger partial charge on any atom is 0.289 e. The molecule has 6 heteroatoms. The summed E-state index contributed by atoms with van der Waals surface area (Å²) in [6, 6.07) is 13.2. The Kier molecular flexibility index (Phi) is 6.42. The SMILES string of the molecule is CC(C)c1cccc(C(C)C)c1NC(=O)c1cccc(CN2C(=O)CSC2=O)c1. The van der Waals surface area contributed by atoms with Crippen LogP contribution < -0.4 is 5.32 Å². The number of nitrogens with one attached hydrogen (secondary N) is 1. The summed E-state index contributed by atoms with van der Waals surface area (Å²) in [5, 5.41) is 2.87. The molecule has 1 saturated heterocycles. The van der Waals surface area contributed by atoms with E-state index in [1.807, 2.05) is 24.3 Å². The standard InChI is InChI=1S/C23H26N2O3S/c1-14(2)18-9-6-10-19(15(3)4)21(18)24-22(27)17-8-5-7-16(11-17)12-25-20(26)13-29-23(25)28/h5-11,14-15H,12-13H2,1-4H3,(H,24,27). The van der Waals surface area contributed by atoms with Crippen LogP contribution in [0, 0.1) is 0 Å². The van der Waals surface area contributed by atoms with E-state index in [9.17, 15) is 14.4 Å². The van der Waals surface area contributed by atoms with Crippen molar-refractivity contribution in [2.75, 3.05) is 11.1 Å². The highest BCUT2D eigenvalue weighted by atomic mass is 32.2. The molecule has 1 heterocycles. The maximum atomic E-state index is 13.0. The molecule has 0 spiro atoms. The summed E-state index contributed by atoms with van der Waals surface area (Å²) < 4.78 is 0. The number of carbonyl (C=O) groups excluding carboxylic acids is 3. The lowest BCUT2D eigenvalue weighted by Crippen LogP contribution is -2.28. The topological polar surface area (TPSA) is 66.5 Å². The number of benzene rings is 2. The van der Waals surface area contributed by atoms with E-state index in [0.717, 1.165) is 34.1 Å². The van der Waals surface area contributed by atoms with Crippen LogP contribution in [-0.2, 0) is 11.3 Å². The first-order valence-electron chi connectivity index (χ1n) is 9.78. The molecule has 0 unspecified atom stereocenters. The molecule has 0 radical (unpaired) electrons. The van der Waals surface area contributed by atoms with Crippen molar-refractivity contribution in [1.82, 2.24) is 4.90 Å². The number of hydrogen-bond acceptors (Lipinski definition) is 4. The van der Waals surface area contributed by atoms with Crippen molar-refractivity contribution >= 4 is 34.5 Å². The highest BCUT2D eigenvalue weighted by Gasteiger charge is 2.29. The second-order valence-corrected chi connectivity index (χ2v) is 8.74. The average Bonchev–Trinajstić information content (AvgIpc) is 3.00. The number of imide groups is 1. The quantitative estimate of drug-likeness (QED) is 0.694. The van der Waals surface area contributed by atoms with E-state index < -0.39 is 0 Å². The molecule has 152 valence electrons. The Balaban J connectivity index is 1.85. The van der Waals surface area contributed by atoms with E-state index in [-0.39, 0.29) is 41.2 Å². The predicted molar refractivity (Wildman–Crippen MR) is 117 cm³/mol. The Morgan fingerprint density at radius 1 is 1.03 bits per heavy atom. The Hall–Kier alpha value is -2.60. The molecule has 0 aliphatic carbocycles. The summed E-state index contributed by atoms with van der Waals surface area (Å²) in [7, 11) is 0. The Labute approximate surface area is 175 Å². The third-order valence-electron chi connectivity index (χ3n) is 4.98. The van der Waals surface area contributed by atoms with Gasteiger partial charge >= 0.3 is 0 Å². The zero-order chi connectivity index (χ0) is 21.1. The van der Waals surface area contributed by atoms with Gasteiger partial charge in [0.2, 0.25) is 5.91 Å². The number of para-hydroxylation sites is 1. The van der Waals surface area contributed by atoms with Crippen molar-refractivity contribution in [3.63, 3.8) is 0 Å². The molecule has 1 aliphatic rings. The fourth-order valence-electron chi connectivity index (χ4n) is 3.41. The highest BCUT2D eigenvalue weighted by Crippen LogP contribution is 2.32. The fraction of sp³-hybridized carbons (Fsp3) is 0.348. The third-order valence-corrected chi connectivity index (χ3v) is 5.84. The smallest absolute Gasteiger partial charge is 0.289 e. The van der Waals surface area contributed by atoms with E-state index in [1.54, 1.807) is 18.2 Å². The third kappa shape index (κ3) is 4.70. The molecule has 0 saturated carbocycles. The molecule has 3 rings (SSSR count). The zero-order valence-electron chi connectivity index (χ0n) is 17.2. The van der Waals surface area contributed by atoms with Gasteiger partial charge in [-0.05, 0) is 40.7 Å². The zero-order valence-corrected chi connectivity index (χ0v) is 18.0. The molecule has 1 N–H and O–H groups in total. The van der Waals surface area contributed by atoms with Crippen molar-refractivity contribution in [1.29, 1.82) is 0 Å². The van der Waals surface area contributed by atoms with Crippen molar-refractivity contribution in [2.45, 2.75) is 46.1 Å². The molecule has 0 atom stereocenters. The molecule has 1 fully saturated rings. The molecular weight excluding hydrogens is 384 g/mol. The van der Waals surface area contributed by atoms with Gasteiger partial charge in [0.05, 0.1) is 12.3 Å². The average molecular weight is 411 g/mol. The molecule has 2 aromatic carbocycles. The van der Waals surface area contributed by atoms with Crippen LogP contribution in [0.4, 0.5) is 10.5 Å². The highest BCUT2D eigenvalue weighted by molar-refractivity contribution is 8.14. The van der Waals surface area contributed by atoms with E-state index in [2.05, 4.69) is 33.0 Å². The first-order chi connectivity index (χ1) is 13.8. The maximum absolute atomic E-state index is 13.0. The fourth-order valence-corrected chi connectivity index (χ4v) is 4.13. The Bertz CT molecular complexity index is 911. The van der Waals surface area contributed by atoms with Crippen molar-refractivity contribution in [2.24, 2.45) is 0 Å². The lowest BCUT2D eigenvalue weighted by atomic mass is 9.92. The number of rotatable bonds is 6. The summed E-state index contributed by atoms with van der Waals surface area (Å²) >= 11 is 1.01. The number of thioether (sulfide) groups is 1. The molecule has 1 aliphatic heterocycles. The first-order valence-corrected chi connectivity index (χ1v) is 10.8. The second kappa shape index (κ2) is 8.82. The number of nitrogens with zero attached hydrogens (tertiary/aromatic N) is 1. The van der Waals surface area contributed by atoms with Gasteiger partial charge in [0, 0.05) is 11.3 Å². The van der Waals surface area contributed by atoms with E-state index >= 15 is 0 Å². The Morgan fingerprint density at radius 3 is 2.21 bits per heavy atom. The van der Waals surface area contributed by atoms with Gasteiger partial charge in [-0.25, -0.2) is 0 Å².